The fourth-order valence-corrected chi connectivity index (χ4v) is 3.44. The Morgan fingerprint density at radius 2 is 2.08 bits per heavy atom. The van der Waals surface area contributed by atoms with Gasteiger partial charge in [0.1, 0.15) is 5.82 Å². The van der Waals surface area contributed by atoms with E-state index in [1.54, 1.807) is 17.9 Å². The maximum Gasteiger partial charge on any atom is 0.261 e. The van der Waals surface area contributed by atoms with Crippen LogP contribution >= 0.6 is 0 Å². The Hall–Kier alpha value is -2.53. The molecule has 5 nitrogen and oxygen atoms in total. The molecule has 2 aromatic heterocycles. The molecule has 0 saturated carbocycles. The first kappa shape index (κ1) is 16.0. The van der Waals surface area contributed by atoms with E-state index >= 15 is 0 Å². The van der Waals surface area contributed by atoms with Gasteiger partial charge in [0.2, 0.25) is 0 Å². The average Bonchev–Trinajstić information content (AvgIpc) is 3.07. The molecule has 1 unspecified atom stereocenters. The van der Waals surface area contributed by atoms with E-state index in [2.05, 4.69) is 18.8 Å². The highest BCUT2D eigenvalue weighted by Crippen LogP contribution is 2.31. The van der Waals surface area contributed by atoms with Crippen LogP contribution in [-0.2, 0) is 17.7 Å². The molecular weight excluding hydrogens is 314 g/mol. The highest BCUT2D eigenvalue weighted by molar-refractivity contribution is 5.83. The van der Waals surface area contributed by atoms with Crippen molar-refractivity contribution in [3.8, 4) is 11.3 Å². The summed E-state index contributed by atoms with van der Waals surface area (Å²) in [5, 5.41) is 0.652. The molecule has 0 amide bonds. The zero-order valence-corrected chi connectivity index (χ0v) is 14.7. The third-order valence-electron chi connectivity index (χ3n) is 5.34. The molecule has 0 saturated heterocycles. The van der Waals surface area contributed by atoms with Crippen LogP contribution in [0.25, 0.3) is 22.2 Å². The highest BCUT2D eigenvalue weighted by Gasteiger charge is 2.36. The number of methoxy groups -OCH3 is 1. The first-order valence-corrected chi connectivity index (χ1v) is 8.49. The van der Waals surface area contributed by atoms with Gasteiger partial charge in [-0.2, -0.15) is 0 Å². The van der Waals surface area contributed by atoms with Gasteiger partial charge in [-0.15, -0.1) is 0 Å². The largest absolute Gasteiger partial charge is 0.378 e. The summed E-state index contributed by atoms with van der Waals surface area (Å²) < 4.78 is 7.42. The number of fused-ring (bicyclic) bond motifs is 2. The van der Waals surface area contributed by atoms with Crippen LogP contribution in [0.2, 0.25) is 0 Å². The molecule has 0 aliphatic carbocycles. The number of hydrogen-bond donors (Lipinski definition) is 0. The third-order valence-corrected chi connectivity index (χ3v) is 5.34. The number of benzene rings is 1. The van der Waals surface area contributed by atoms with E-state index in [4.69, 9.17) is 9.72 Å². The van der Waals surface area contributed by atoms with Crippen molar-refractivity contribution in [3.63, 3.8) is 0 Å². The van der Waals surface area contributed by atoms with Crippen LogP contribution in [0.5, 0.6) is 0 Å². The van der Waals surface area contributed by atoms with Gasteiger partial charge in [-0.1, -0.05) is 12.1 Å². The zero-order valence-electron chi connectivity index (χ0n) is 14.7. The van der Waals surface area contributed by atoms with Crippen molar-refractivity contribution in [3.05, 3.63) is 58.8 Å². The standard InChI is InChI=1S/C20H21N3O2/c1-20(2,25-3)14-11-18-22-17-10-13(16-6-4-5-9-21-16)7-8-15(17)19(24)23(18)12-14/h4-10,14H,11-12H2,1-3H3. The number of rotatable bonds is 3. The van der Waals surface area contributed by atoms with Gasteiger partial charge in [-0.3, -0.25) is 14.3 Å². The highest BCUT2D eigenvalue weighted by atomic mass is 16.5. The molecule has 1 aromatic carbocycles. The lowest BCUT2D eigenvalue weighted by Crippen LogP contribution is -2.35. The van der Waals surface area contributed by atoms with Crippen LogP contribution in [0.4, 0.5) is 0 Å². The van der Waals surface area contributed by atoms with Gasteiger partial charge in [-0.25, -0.2) is 4.98 Å². The molecule has 1 aliphatic heterocycles. The van der Waals surface area contributed by atoms with Gasteiger partial charge in [0, 0.05) is 37.8 Å². The van der Waals surface area contributed by atoms with E-state index in [-0.39, 0.29) is 17.1 Å². The van der Waals surface area contributed by atoms with E-state index < -0.39 is 0 Å². The average molecular weight is 335 g/mol. The molecule has 128 valence electrons. The summed E-state index contributed by atoms with van der Waals surface area (Å²) in [4.78, 5) is 22.1. The van der Waals surface area contributed by atoms with Crippen LogP contribution in [0.1, 0.15) is 19.7 Å². The lowest BCUT2D eigenvalue weighted by molar-refractivity contribution is -0.0276. The van der Waals surface area contributed by atoms with Gasteiger partial charge < -0.3 is 4.74 Å². The second kappa shape index (κ2) is 5.77. The van der Waals surface area contributed by atoms with E-state index in [0.717, 1.165) is 29.0 Å². The van der Waals surface area contributed by atoms with Gasteiger partial charge in [0.25, 0.3) is 5.56 Å². The summed E-state index contributed by atoms with van der Waals surface area (Å²) in [6.07, 6.45) is 2.52. The Morgan fingerprint density at radius 1 is 1.24 bits per heavy atom. The minimum atomic E-state index is -0.286. The Morgan fingerprint density at radius 3 is 2.80 bits per heavy atom. The summed E-state index contributed by atoms with van der Waals surface area (Å²) >= 11 is 0. The minimum Gasteiger partial charge on any atom is -0.378 e. The summed E-state index contributed by atoms with van der Waals surface area (Å²) in [5.41, 5.74) is 2.32. The topological polar surface area (TPSA) is 57.0 Å². The molecule has 4 rings (SSSR count). The van der Waals surface area contributed by atoms with Crippen molar-refractivity contribution in [2.24, 2.45) is 5.92 Å². The van der Waals surface area contributed by atoms with Crippen LogP contribution in [0.3, 0.4) is 0 Å². The normalized spacial score (nSPS) is 17.0. The summed E-state index contributed by atoms with van der Waals surface area (Å²) in [6, 6.07) is 11.5. The molecule has 0 radical (unpaired) electrons. The van der Waals surface area contributed by atoms with Crippen molar-refractivity contribution < 1.29 is 4.74 Å². The second-order valence-corrected chi connectivity index (χ2v) is 7.10. The predicted molar refractivity (Wildman–Crippen MR) is 97.5 cm³/mol. The van der Waals surface area contributed by atoms with Crippen molar-refractivity contribution in [2.45, 2.75) is 32.4 Å². The number of nitrogens with zero attached hydrogens (tertiary/aromatic N) is 3. The Balaban J connectivity index is 1.81. The maximum absolute atomic E-state index is 12.9. The molecule has 5 heteroatoms. The lowest BCUT2D eigenvalue weighted by Gasteiger charge is -2.29. The SMILES string of the molecule is COC(C)(C)C1Cc2nc3cc(-c4ccccn4)ccc3c(=O)n2C1. The van der Waals surface area contributed by atoms with Crippen LogP contribution in [-0.4, -0.2) is 27.2 Å². The van der Waals surface area contributed by atoms with Crippen molar-refractivity contribution in [1.29, 1.82) is 0 Å². The Labute approximate surface area is 146 Å². The van der Waals surface area contributed by atoms with Crippen LogP contribution in [0.15, 0.2) is 47.4 Å². The Kier molecular flexibility index (Phi) is 3.69. The van der Waals surface area contributed by atoms with Crippen LogP contribution in [0, 0.1) is 5.92 Å². The zero-order chi connectivity index (χ0) is 17.6. The third kappa shape index (κ3) is 2.65. The maximum atomic E-state index is 12.9. The van der Waals surface area contributed by atoms with Crippen molar-refractivity contribution >= 4 is 10.9 Å². The molecule has 0 fully saturated rings. The van der Waals surface area contributed by atoms with E-state index in [1.165, 1.54) is 0 Å². The molecule has 0 bridgehead atoms. The smallest absolute Gasteiger partial charge is 0.261 e. The summed E-state index contributed by atoms with van der Waals surface area (Å²) in [6.45, 7) is 4.78. The van der Waals surface area contributed by atoms with E-state index in [0.29, 0.717) is 11.9 Å². The summed E-state index contributed by atoms with van der Waals surface area (Å²) in [7, 11) is 1.72. The predicted octanol–water partition coefficient (Wildman–Crippen LogP) is 3.06. The molecular formula is C20H21N3O2. The number of aromatic nitrogens is 3. The fraction of sp³-hybridized carbons (Fsp3) is 0.350. The quantitative estimate of drug-likeness (QED) is 0.738. The Bertz CT molecular complexity index is 993. The number of hydrogen-bond acceptors (Lipinski definition) is 4. The molecule has 0 N–H and O–H groups in total. The second-order valence-electron chi connectivity index (χ2n) is 7.10. The molecule has 3 aromatic rings. The molecule has 1 atom stereocenters. The molecule has 0 spiro atoms. The van der Waals surface area contributed by atoms with E-state index in [1.807, 2.05) is 36.4 Å². The minimum absolute atomic E-state index is 0.0296. The monoisotopic (exact) mass is 335 g/mol. The van der Waals surface area contributed by atoms with E-state index in [9.17, 15) is 4.79 Å². The van der Waals surface area contributed by atoms with Gasteiger partial charge in [0.15, 0.2) is 0 Å². The van der Waals surface area contributed by atoms with Gasteiger partial charge in [-0.05, 0) is 38.1 Å². The van der Waals surface area contributed by atoms with Crippen molar-refractivity contribution in [1.82, 2.24) is 14.5 Å². The van der Waals surface area contributed by atoms with Crippen LogP contribution < -0.4 is 5.56 Å². The van der Waals surface area contributed by atoms with Crippen molar-refractivity contribution in [2.75, 3.05) is 7.11 Å². The molecule has 3 heterocycles. The van der Waals surface area contributed by atoms with Gasteiger partial charge >= 0.3 is 0 Å². The molecule has 1 aliphatic rings. The first-order chi connectivity index (χ1) is 12.0. The fourth-order valence-electron chi connectivity index (χ4n) is 3.44. The van der Waals surface area contributed by atoms with Gasteiger partial charge in [0.05, 0.1) is 22.2 Å². The lowest BCUT2D eigenvalue weighted by atomic mass is 9.89. The molecule has 25 heavy (non-hydrogen) atoms. The first-order valence-electron chi connectivity index (χ1n) is 8.49. The number of ether oxygens (including phenoxy) is 1. The number of pyridine rings is 1. The summed E-state index contributed by atoms with van der Waals surface area (Å²) in [5.74, 6) is 1.08.